The van der Waals surface area contributed by atoms with Gasteiger partial charge in [-0.05, 0) is 18.2 Å². The van der Waals surface area contributed by atoms with Gasteiger partial charge in [-0.3, -0.25) is 14.8 Å². The number of nitrogens with zero attached hydrogens (tertiary/aromatic N) is 2. The first-order chi connectivity index (χ1) is 11.1. The Balaban J connectivity index is 2.15. The van der Waals surface area contributed by atoms with Gasteiger partial charge in [0.05, 0.1) is 5.56 Å². The van der Waals surface area contributed by atoms with Crippen LogP contribution < -0.4 is 5.73 Å². The molecule has 3 rings (SSSR count). The fraction of sp³-hybridized carbons (Fsp3) is 0. The van der Waals surface area contributed by atoms with E-state index in [1.165, 1.54) is 43.0 Å². The Morgan fingerprint density at radius 1 is 0.957 bits per heavy atom. The summed E-state index contributed by atoms with van der Waals surface area (Å²) < 4.78 is 27.3. The molecule has 3 aromatic rings. The molecule has 2 aromatic heterocycles. The number of carbonyl (C=O) groups is 1. The molecule has 0 fully saturated rings. The average molecular weight is 311 g/mol. The van der Waals surface area contributed by atoms with Crippen molar-refractivity contribution in [3.63, 3.8) is 0 Å². The number of benzene rings is 1. The summed E-state index contributed by atoms with van der Waals surface area (Å²) in [6, 6.07) is 7.01. The van der Waals surface area contributed by atoms with Crippen LogP contribution in [0.2, 0.25) is 0 Å². The normalized spacial score (nSPS) is 10.5. The SMILES string of the molecule is NC(=O)c1ccncc1-c1cncc(-c2cccc(F)c2F)c1. The highest BCUT2D eigenvalue weighted by Crippen LogP contribution is 2.29. The molecule has 1 amide bonds. The van der Waals surface area contributed by atoms with Gasteiger partial charge in [-0.2, -0.15) is 0 Å². The van der Waals surface area contributed by atoms with E-state index >= 15 is 0 Å². The minimum Gasteiger partial charge on any atom is -0.366 e. The lowest BCUT2D eigenvalue weighted by Crippen LogP contribution is -2.12. The summed E-state index contributed by atoms with van der Waals surface area (Å²) in [5, 5.41) is 0. The lowest BCUT2D eigenvalue weighted by Gasteiger charge is -2.09. The first-order valence-electron chi connectivity index (χ1n) is 6.71. The molecule has 0 aliphatic heterocycles. The van der Waals surface area contributed by atoms with Crippen molar-refractivity contribution in [2.75, 3.05) is 0 Å². The van der Waals surface area contributed by atoms with E-state index in [0.717, 1.165) is 6.07 Å². The van der Waals surface area contributed by atoms with Gasteiger partial charge in [0.15, 0.2) is 11.6 Å². The lowest BCUT2D eigenvalue weighted by atomic mass is 9.99. The number of primary amides is 1. The molecule has 0 aliphatic rings. The second-order valence-electron chi connectivity index (χ2n) is 4.85. The van der Waals surface area contributed by atoms with Crippen LogP contribution in [0.4, 0.5) is 8.78 Å². The van der Waals surface area contributed by atoms with E-state index in [2.05, 4.69) is 9.97 Å². The van der Waals surface area contributed by atoms with Crippen LogP contribution in [0.1, 0.15) is 10.4 Å². The monoisotopic (exact) mass is 311 g/mol. The highest BCUT2D eigenvalue weighted by atomic mass is 19.2. The first kappa shape index (κ1) is 14.8. The maximum absolute atomic E-state index is 13.9. The third kappa shape index (κ3) is 2.78. The van der Waals surface area contributed by atoms with Crippen molar-refractivity contribution in [3.8, 4) is 22.3 Å². The molecule has 0 aliphatic carbocycles. The largest absolute Gasteiger partial charge is 0.366 e. The second kappa shape index (κ2) is 5.92. The number of hydrogen-bond donors (Lipinski definition) is 1. The quantitative estimate of drug-likeness (QED) is 0.807. The van der Waals surface area contributed by atoms with Gasteiger partial charge in [0, 0.05) is 47.0 Å². The Bertz CT molecular complexity index is 897. The number of halogens is 2. The van der Waals surface area contributed by atoms with Gasteiger partial charge >= 0.3 is 0 Å². The topological polar surface area (TPSA) is 68.9 Å². The molecular weight excluding hydrogens is 300 g/mol. The van der Waals surface area contributed by atoms with Crippen molar-refractivity contribution < 1.29 is 13.6 Å². The molecule has 0 saturated carbocycles. The van der Waals surface area contributed by atoms with Crippen LogP contribution in [-0.4, -0.2) is 15.9 Å². The Hall–Kier alpha value is -3.15. The molecule has 114 valence electrons. The number of aromatic nitrogens is 2. The second-order valence-corrected chi connectivity index (χ2v) is 4.85. The summed E-state index contributed by atoms with van der Waals surface area (Å²) in [5.74, 6) is -2.50. The van der Waals surface area contributed by atoms with Crippen LogP contribution >= 0.6 is 0 Å². The zero-order valence-electron chi connectivity index (χ0n) is 11.8. The van der Waals surface area contributed by atoms with Crippen LogP contribution in [0.25, 0.3) is 22.3 Å². The average Bonchev–Trinajstić information content (AvgIpc) is 2.57. The molecule has 0 radical (unpaired) electrons. The predicted molar refractivity (Wildman–Crippen MR) is 81.3 cm³/mol. The molecular formula is C17H11F2N3O. The molecule has 6 heteroatoms. The van der Waals surface area contributed by atoms with Crippen LogP contribution in [-0.2, 0) is 0 Å². The van der Waals surface area contributed by atoms with Crippen molar-refractivity contribution in [1.29, 1.82) is 0 Å². The van der Waals surface area contributed by atoms with E-state index in [0.29, 0.717) is 16.7 Å². The van der Waals surface area contributed by atoms with Crippen LogP contribution in [0, 0.1) is 11.6 Å². The maximum Gasteiger partial charge on any atom is 0.249 e. The van der Waals surface area contributed by atoms with E-state index in [4.69, 9.17) is 5.73 Å². The predicted octanol–water partition coefficient (Wildman–Crippen LogP) is 3.19. The van der Waals surface area contributed by atoms with Gasteiger partial charge in [-0.1, -0.05) is 12.1 Å². The van der Waals surface area contributed by atoms with Crippen molar-refractivity contribution in [3.05, 3.63) is 72.3 Å². The molecule has 4 nitrogen and oxygen atoms in total. The van der Waals surface area contributed by atoms with E-state index < -0.39 is 17.5 Å². The molecule has 0 bridgehead atoms. The highest BCUT2D eigenvalue weighted by molar-refractivity contribution is 5.99. The summed E-state index contributed by atoms with van der Waals surface area (Å²) in [6.45, 7) is 0. The summed E-state index contributed by atoms with van der Waals surface area (Å²) in [5.41, 5.74) is 7.11. The number of nitrogens with two attached hydrogens (primary N) is 1. The summed E-state index contributed by atoms with van der Waals surface area (Å²) in [6.07, 6.45) is 5.85. The fourth-order valence-electron chi connectivity index (χ4n) is 2.30. The number of rotatable bonds is 3. The summed E-state index contributed by atoms with van der Waals surface area (Å²) in [7, 11) is 0. The highest BCUT2D eigenvalue weighted by Gasteiger charge is 2.14. The van der Waals surface area contributed by atoms with E-state index in [9.17, 15) is 13.6 Å². The zero-order chi connectivity index (χ0) is 16.4. The first-order valence-corrected chi connectivity index (χ1v) is 6.71. The third-order valence-electron chi connectivity index (χ3n) is 3.40. The molecule has 2 N–H and O–H groups in total. The summed E-state index contributed by atoms with van der Waals surface area (Å²) >= 11 is 0. The molecule has 1 aromatic carbocycles. The van der Waals surface area contributed by atoms with E-state index in [-0.39, 0.29) is 11.1 Å². The van der Waals surface area contributed by atoms with Crippen molar-refractivity contribution in [2.45, 2.75) is 0 Å². The standard InChI is InChI=1S/C17H11F2N3O/c18-15-3-1-2-12(16(15)19)10-6-11(8-22-7-10)14-9-21-5-4-13(14)17(20)23/h1-9H,(H2,20,23). The minimum atomic E-state index is -0.951. The van der Waals surface area contributed by atoms with Gasteiger partial charge < -0.3 is 5.73 Å². The Kier molecular flexibility index (Phi) is 3.80. The van der Waals surface area contributed by atoms with Crippen LogP contribution in [0.15, 0.2) is 55.1 Å². The number of hydrogen-bond acceptors (Lipinski definition) is 3. The van der Waals surface area contributed by atoms with Gasteiger partial charge in [-0.15, -0.1) is 0 Å². The molecule has 0 saturated heterocycles. The Labute approximate surface area is 130 Å². The van der Waals surface area contributed by atoms with E-state index in [1.807, 2.05) is 0 Å². The number of carbonyl (C=O) groups excluding carboxylic acids is 1. The van der Waals surface area contributed by atoms with Crippen molar-refractivity contribution >= 4 is 5.91 Å². The Morgan fingerprint density at radius 2 is 1.70 bits per heavy atom. The van der Waals surface area contributed by atoms with Gasteiger partial charge in [0.25, 0.3) is 0 Å². The van der Waals surface area contributed by atoms with Gasteiger partial charge in [0.2, 0.25) is 5.91 Å². The van der Waals surface area contributed by atoms with Crippen molar-refractivity contribution in [2.24, 2.45) is 5.73 Å². The smallest absolute Gasteiger partial charge is 0.249 e. The number of pyridine rings is 2. The van der Waals surface area contributed by atoms with Crippen LogP contribution in [0.3, 0.4) is 0 Å². The maximum atomic E-state index is 13.9. The molecule has 0 spiro atoms. The molecule has 23 heavy (non-hydrogen) atoms. The summed E-state index contributed by atoms with van der Waals surface area (Å²) in [4.78, 5) is 19.5. The fourth-order valence-corrected chi connectivity index (χ4v) is 2.30. The zero-order valence-corrected chi connectivity index (χ0v) is 11.8. The van der Waals surface area contributed by atoms with E-state index in [1.54, 1.807) is 6.07 Å². The van der Waals surface area contributed by atoms with Crippen LogP contribution in [0.5, 0.6) is 0 Å². The molecule has 0 unspecified atom stereocenters. The Morgan fingerprint density at radius 3 is 2.43 bits per heavy atom. The van der Waals surface area contributed by atoms with Gasteiger partial charge in [0.1, 0.15) is 0 Å². The van der Waals surface area contributed by atoms with Crippen molar-refractivity contribution in [1.82, 2.24) is 9.97 Å². The number of amides is 1. The molecule has 2 heterocycles. The third-order valence-corrected chi connectivity index (χ3v) is 3.40. The molecule has 0 atom stereocenters. The van der Waals surface area contributed by atoms with Gasteiger partial charge in [-0.25, -0.2) is 8.78 Å². The lowest BCUT2D eigenvalue weighted by molar-refractivity contribution is 0.100. The minimum absolute atomic E-state index is 0.0869.